The van der Waals surface area contributed by atoms with Crippen molar-refractivity contribution in [3.63, 3.8) is 0 Å². The van der Waals surface area contributed by atoms with E-state index in [4.69, 9.17) is 0 Å². The van der Waals surface area contributed by atoms with Gasteiger partial charge in [-0.15, -0.1) is 0 Å². The summed E-state index contributed by atoms with van der Waals surface area (Å²) in [5, 5.41) is 3.51. The molecule has 0 aromatic heterocycles. The lowest BCUT2D eigenvalue weighted by Gasteiger charge is -2.26. The Morgan fingerprint density at radius 1 is 1.26 bits per heavy atom. The summed E-state index contributed by atoms with van der Waals surface area (Å²) in [6.07, 6.45) is 7.78. The molecule has 1 saturated carbocycles. The van der Waals surface area contributed by atoms with Gasteiger partial charge >= 0.3 is 0 Å². The Hall–Kier alpha value is -1.82. The van der Waals surface area contributed by atoms with Crippen LogP contribution < -0.4 is 10.2 Å². The first kappa shape index (κ1) is 17.5. The molecule has 0 spiro atoms. The highest BCUT2D eigenvalue weighted by Crippen LogP contribution is 2.30. The molecule has 2 rings (SSSR count). The molecule has 1 aliphatic rings. The third kappa shape index (κ3) is 5.10. The number of carbonyl (C=O) groups excluding carboxylic acids is 1. The predicted molar refractivity (Wildman–Crippen MR) is 88.7 cm³/mol. The molecule has 1 N–H and O–H groups in total. The van der Waals surface area contributed by atoms with Crippen molar-refractivity contribution in [3.05, 3.63) is 23.8 Å². The Morgan fingerprint density at radius 3 is 2.65 bits per heavy atom. The van der Waals surface area contributed by atoms with Crippen molar-refractivity contribution in [2.24, 2.45) is 4.99 Å². The van der Waals surface area contributed by atoms with E-state index >= 15 is 0 Å². The van der Waals surface area contributed by atoms with E-state index in [2.05, 4.69) is 10.3 Å². The average molecular weight is 323 g/mol. The van der Waals surface area contributed by atoms with Crippen molar-refractivity contribution in [2.45, 2.75) is 38.1 Å². The number of likely N-dealkylation sites (N-methyl/N-ethyl adjacent to an activating group) is 1. The van der Waals surface area contributed by atoms with Crippen LogP contribution in [-0.2, 0) is 4.79 Å². The van der Waals surface area contributed by atoms with Gasteiger partial charge in [0.1, 0.15) is 0 Å². The first-order valence-electron chi connectivity index (χ1n) is 8.03. The highest BCUT2D eigenvalue weighted by molar-refractivity contribution is 6.14. The summed E-state index contributed by atoms with van der Waals surface area (Å²) < 4.78 is 26.9. The molecule has 1 aromatic carbocycles. The van der Waals surface area contributed by atoms with Crippen LogP contribution in [0.2, 0.25) is 0 Å². The number of hydrogen-bond acceptors (Lipinski definition) is 4. The second-order valence-electron chi connectivity index (χ2n) is 5.88. The average Bonchev–Trinajstić information content (AvgIpc) is 2.56. The number of nitrogens with zero attached hydrogens (tertiary/aromatic N) is 2. The van der Waals surface area contributed by atoms with Gasteiger partial charge in [0.2, 0.25) is 0 Å². The number of halogens is 2. The molecular weight excluding hydrogens is 300 g/mol. The van der Waals surface area contributed by atoms with Gasteiger partial charge in [0, 0.05) is 38.3 Å². The van der Waals surface area contributed by atoms with E-state index in [9.17, 15) is 13.6 Å². The van der Waals surface area contributed by atoms with Crippen LogP contribution in [0, 0.1) is 11.6 Å². The first-order valence-corrected chi connectivity index (χ1v) is 8.03. The Labute approximate surface area is 135 Å². The lowest BCUT2D eigenvalue weighted by molar-refractivity contribution is -0.102. The van der Waals surface area contributed by atoms with Crippen LogP contribution in [-0.4, -0.2) is 38.7 Å². The number of rotatable bonds is 7. The third-order valence-electron chi connectivity index (χ3n) is 4.19. The molecule has 0 heterocycles. The monoisotopic (exact) mass is 323 g/mol. The summed E-state index contributed by atoms with van der Waals surface area (Å²) in [5.74, 6) is -1.89. The molecule has 126 valence electrons. The Balaban J connectivity index is 1.99. The van der Waals surface area contributed by atoms with Gasteiger partial charge in [-0.05, 0) is 12.8 Å². The molecular formula is C17H23F2N3O. The first-order chi connectivity index (χ1) is 11.1. The van der Waals surface area contributed by atoms with Crippen LogP contribution in [0.25, 0.3) is 0 Å². The molecule has 0 aliphatic heterocycles. The normalized spacial score (nSPS) is 16.0. The zero-order chi connectivity index (χ0) is 16.7. The second-order valence-corrected chi connectivity index (χ2v) is 5.88. The Kier molecular flexibility index (Phi) is 6.65. The van der Waals surface area contributed by atoms with Gasteiger partial charge in [-0.3, -0.25) is 9.79 Å². The molecule has 0 radical (unpaired) electrons. The standard InChI is InChI=1S/C17H23F2N3O/c1-22(9-7-20-13-5-3-2-4-6-13)17-12-15(19)14(18)11-16(17)21-8-10-23/h8,10-13,20H,2-7,9H2,1H3. The summed E-state index contributed by atoms with van der Waals surface area (Å²) in [6.45, 7) is 1.40. The lowest BCUT2D eigenvalue weighted by Crippen LogP contribution is -2.37. The van der Waals surface area contributed by atoms with E-state index in [0.29, 0.717) is 24.6 Å². The van der Waals surface area contributed by atoms with Gasteiger partial charge in [-0.2, -0.15) is 0 Å². The molecule has 0 amide bonds. The third-order valence-corrected chi connectivity index (χ3v) is 4.19. The smallest absolute Gasteiger partial charge is 0.161 e. The molecule has 1 aromatic rings. The minimum absolute atomic E-state index is 0.246. The number of aliphatic imine (C=N–C) groups is 1. The maximum Gasteiger partial charge on any atom is 0.161 e. The van der Waals surface area contributed by atoms with Gasteiger partial charge in [0.05, 0.1) is 17.6 Å². The molecule has 0 bridgehead atoms. The largest absolute Gasteiger partial charge is 0.371 e. The number of hydrogen-bond donors (Lipinski definition) is 1. The minimum Gasteiger partial charge on any atom is -0.371 e. The van der Waals surface area contributed by atoms with Crippen LogP contribution in [0.5, 0.6) is 0 Å². The topological polar surface area (TPSA) is 44.7 Å². The van der Waals surface area contributed by atoms with Crippen molar-refractivity contribution in [2.75, 3.05) is 25.0 Å². The SMILES string of the molecule is CN(CCNC1CCCCC1)c1cc(F)c(F)cc1N=CC=O. The molecule has 1 fully saturated rings. The number of aldehydes is 1. The quantitative estimate of drug-likeness (QED) is 0.619. The van der Waals surface area contributed by atoms with Crippen LogP contribution in [0.15, 0.2) is 17.1 Å². The van der Waals surface area contributed by atoms with Gasteiger partial charge in [0.15, 0.2) is 17.9 Å². The minimum atomic E-state index is -0.972. The summed E-state index contributed by atoms with van der Waals surface area (Å²) in [4.78, 5) is 16.1. The van der Waals surface area contributed by atoms with Crippen LogP contribution in [0.3, 0.4) is 0 Å². The van der Waals surface area contributed by atoms with Crippen molar-refractivity contribution in [1.82, 2.24) is 5.32 Å². The maximum absolute atomic E-state index is 13.5. The molecule has 0 unspecified atom stereocenters. The van der Waals surface area contributed by atoms with E-state index in [1.165, 1.54) is 32.1 Å². The van der Waals surface area contributed by atoms with Gasteiger partial charge in [0.25, 0.3) is 0 Å². The number of anilines is 1. The number of benzene rings is 1. The summed E-state index contributed by atoms with van der Waals surface area (Å²) >= 11 is 0. The van der Waals surface area contributed by atoms with Crippen LogP contribution >= 0.6 is 0 Å². The lowest BCUT2D eigenvalue weighted by atomic mass is 9.95. The zero-order valence-corrected chi connectivity index (χ0v) is 13.4. The zero-order valence-electron chi connectivity index (χ0n) is 13.4. The van der Waals surface area contributed by atoms with E-state index in [1.807, 2.05) is 4.90 Å². The number of nitrogens with one attached hydrogen (secondary N) is 1. The summed E-state index contributed by atoms with van der Waals surface area (Å²) in [6, 6.07) is 2.68. The van der Waals surface area contributed by atoms with Crippen molar-refractivity contribution >= 4 is 23.9 Å². The van der Waals surface area contributed by atoms with Gasteiger partial charge in [-0.1, -0.05) is 19.3 Å². The maximum atomic E-state index is 13.5. The highest BCUT2D eigenvalue weighted by Gasteiger charge is 2.15. The fourth-order valence-electron chi connectivity index (χ4n) is 2.91. The van der Waals surface area contributed by atoms with Crippen LogP contribution in [0.1, 0.15) is 32.1 Å². The predicted octanol–water partition coefficient (Wildman–Crippen LogP) is 3.22. The second kappa shape index (κ2) is 8.72. The van der Waals surface area contributed by atoms with Crippen molar-refractivity contribution in [3.8, 4) is 0 Å². The molecule has 0 atom stereocenters. The highest BCUT2D eigenvalue weighted by atomic mass is 19.2. The van der Waals surface area contributed by atoms with Gasteiger partial charge < -0.3 is 10.2 Å². The van der Waals surface area contributed by atoms with E-state index < -0.39 is 11.6 Å². The molecule has 4 nitrogen and oxygen atoms in total. The number of carbonyl (C=O) groups is 1. The fourth-order valence-corrected chi connectivity index (χ4v) is 2.91. The van der Waals surface area contributed by atoms with Gasteiger partial charge in [-0.25, -0.2) is 8.78 Å². The van der Waals surface area contributed by atoms with E-state index in [1.54, 1.807) is 7.05 Å². The molecule has 23 heavy (non-hydrogen) atoms. The Morgan fingerprint density at radius 2 is 1.96 bits per heavy atom. The molecule has 0 saturated heterocycles. The fraction of sp³-hybridized carbons (Fsp3) is 0.529. The molecule has 1 aliphatic carbocycles. The summed E-state index contributed by atoms with van der Waals surface area (Å²) in [7, 11) is 1.80. The van der Waals surface area contributed by atoms with Crippen molar-refractivity contribution < 1.29 is 13.6 Å². The van der Waals surface area contributed by atoms with E-state index in [-0.39, 0.29) is 5.69 Å². The summed E-state index contributed by atoms with van der Waals surface area (Å²) in [5.41, 5.74) is 0.712. The van der Waals surface area contributed by atoms with E-state index in [0.717, 1.165) is 24.9 Å². The molecule has 6 heteroatoms. The van der Waals surface area contributed by atoms with Crippen molar-refractivity contribution in [1.29, 1.82) is 0 Å². The Bertz CT molecular complexity index is 557. The van der Waals surface area contributed by atoms with Crippen LogP contribution in [0.4, 0.5) is 20.2 Å².